The third-order valence-corrected chi connectivity index (χ3v) is 3.29. The smallest absolute Gasteiger partial charge is 0.130 e. The Labute approximate surface area is 113 Å². The highest BCUT2D eigenvalue weighted by molar-refractivity contribution is 6.30. The molecule has 0 aliphatic rings. The molecule has 2 N–H and O–H groups in total. The van der Waals surface area contributed by atoms with Crippen molar-refractivity contribution in [1.29, 1.82) is 0 Å². The molecule has 0 amide bonds. The van der Waals surface area contributed by atoms with Crippen LogP contribution < -0.4 is 5.73 Å². The molecule has 1 heterocycles. The molecule has 1 atom stereocenters. The molecule has 0 aliphatic carbocycles. The summed E-state index contributed by atoms with van der Waals surface area (Å²) in [4.78, 5) is 4.38. The van der Waals surface area contributed by atoms with Gasteiger partial charge in [-0.3, -0.25) is 0 Å². The normalized spacial score (nSPS) is 12.7. The number of halogens is 1. The Balaban J connectivity index is 2.35. The lowest BCUT2D eigenvalue weighted by Gasteiger charge is -2.16. The van der Waals surface area contributed by atoms with Gasteiger partial charge in [0, 0.05) is 24.0 Å². The predicted molar refractivity (Wildman–Crippen MR) is 74.7 cm³/mol. The van der Waals surface area contributed by atoms with Crippen molar-refractivity contribution in [3.8, 4) is 0 Å². The van der Waals surface area contributed by atoms with Crippen LogP contribution in [0.4, 0.5) is 0 Å². The van der Waals surface area contributed by atoms with E-state index in [4.69, 9.17) is 17.3 Å². The lowest BCUT2D eigenvalue weighted by Crippen LogP contribution is -2.18. The van der Waals surface area contributed by atoms with Crippen molar-refractivity contribution in [2.45, 2.75) is 32.9 Å². The molecule has 2 aromatic rings. The zero-order chi connectivity index (χ0) is 13.1. The number of rotatable bonds is 4. The molecule has 0 aliphatic heterocycles. The van der Waals surface area contributed by atoms with Crippen molar-refractivity contribution in [3.63, 3.8) is 0 Å². The van der Waals surface area contributed by atoms with Crippen molar-refractivity contribution >= 4 is 11.6 Å². The number of hydrogen-bond donors (Lipinski definition) is 1. The van der Waals surface area contributed by atoms with E-state index >= 15 is 0 Å². The van der Waals surface area contributed by atoms with Crippen molar-refractivity contribution in [2.75, 3.05) is 0 Å². The van der Waals surface area contributed by atoms with Crippen molar-refractivity contribution in [3.05, 3.63) is 52.6 Å². The molecule has 3 nitrogen and oxygen atoms in total. The fourth-order valence-electron chi connectivity index (χ4n) is 2.16. The molecule has 0 bridgehead atoms. The Hall–Kier alpha value is -1.32. The van der Waals surface area contributed by atoms with Gasteiger partial charge in [-0.05, 0) is 36.6 Å². The Morgan fingerprint density at radius 2 is 2.22 bits per heavy atom. The van der Waals surface area contributed by atoms with Gasteiger partial charge in [0.15, 0.2) is 0 Å². The summed E-state index contributed by atoms with van der Waals surface area (Å²) in [6.07, 6.45) is 4.84. The van der Waals surface area contributed by atoms with E-state index in [1.165, 1.54) is 0 Å². The van der Waals surface area contributed by atoms with Gasteiger partial charge in [-0.1, -0.05) is 24.6 Å². The van der Waals surface area contributed by atoms with Gasteiger partial charge in [-0.15, -0.1) is 0 Å². The molecular formula is C14H18ClN3. The van der Waals surface area contributed by atoms with Crippen LogP contribution in [0.5, 0.6) is 0 Å². The van der Waals surface area contributed by atoms with Crippen LogP contribution in [0.15, 0.2) is 30.6 Å². The Morgan fingerprint density at radius 3 is 2.89 bits per heavy atom. The largest absolute Gasteiger partial charge is 0.333 e. The second-order valence-corrected chi connectivity index (χ2v) is 4.89. The van der Waals surface area contributed by atoms with Gasteiger partial charge in [0.25, 0.3) is 0 Å². The highest BCUT2D eigenvalue weighted by atomic mass is 35.5. The van der Waals surface area contributed by atoms with Gasteiger partial charge >= 0.3 is 0 Å². The standard InChI is InChI=1S/C14H18ClN3/c1-3-7-18-8-6-17-14(18)13(16)12-5-4-11(15)9-10(12)2/h4-6,8-9,13H,3,7,16H2,1-2H3. The minimum atomic E-state index is -0.205. The first-order chi connectivity index (χ1) is 8.63. The van der Waals surface area contributed by atoms with Gasteiger partial charge < -0.3 is 10.3 Å². The lowest BCUT2D eigenvalue weighted by molar-refractivity contribution is 0.612. The van der Waals surface area contributed by atoms with E-state index in [0.717, 1.165) is 34.9 Å². The second kappa shape index (κ2) is 5.55. The number of imidazole rings is 1. The molecule has 0 fully saturated rings. The number of benzene rings is 1. The van der Waals surface area contributed by atoms with Crippen molar-refractivity contribution < 1.29 is 0 Å². The van der Waals surface area contributed by atoms with Crippen molar-refractivity contribution in [1.82, 2.24) is 9.55 Å². The minimum absolute atomic E-state index is 0.205. The molecule has 1 unspecified atom stereocenters. The average molecular weight is 264 g/mol. The molecule has 0 radical (unpaired) electrons. The van der Waals surface area contributed by atoms with E-state index in [2.05, 4.69) is 16.5 Å². The molecule has 4 heteroatoms. The van der Waals surface area contributed by atoms with E-state index in [-0.39, 0.29) is 6.04 Å². The van der Waals surface area contributed by atoms with E-state index in [0.29, 0.717) is 0 Å². The maximum Gasteiger partial charge on any atom is 0.130 e. The van der Waals surface area contributed by atoms with Gasteiger partial charge in [-0.2, -0.15) is 0 Å². The van der Waals surface area contributed by atoms with Gasteiger partial charge in [0.05, 0.1) is 6.04 Å². The van der Waals surface area contributed by atoms with Gasteiger partial charge in [0.2, 0.25) is 0 Å². The first-order valence-corrected chi connectivity index (χ1v) is 6.54. The lowest BCUT2D eigenvalue weighted by atomic mass is 10.0. The molecular weight excluding hydrogens is 246 g/mol. The number of nitrogens with zero attached hydrogens (tertiary/aromatic N) is 2. The number of nitrogens with two attached hydrogens (primary N) is 1. The minimum Gasteiger partial charge on any atom is -0.333 e. The Bertz CT molecular complexity index is 534. The quantitative estimate of drug-likeness (QED) is 0.920. The molecule has 0 saturated carbocycles. The Kier molecular flexibility index (Phi) is 4.04. The zero-order valence-electron chi connectivity index (χ0n) is 10.7. The monoisotopic (exact) mass is 263 g/mol. The molecule has 1 aromatic carbocycles. The zero-order valence-corrected chi connectivity index (χ0v) is 11.5. The van der Waals surface area contributed by atoms with Crippen LogP contribution in [-0.2, 0) is 6.54 Å². The van der Waals surface area contributed by atoms with Crippen LogP contribution in [0.25, 0.3) is 0 Å². The summed E-state index contributed by atoms with van der Waals surface area (Å²) in [5.74, 6) is 0.905. The molecule has 2 rings (SSSR count). The van der Waals surface area contributed by atoms with Crippen LogP contribution in [-0.4, -0.2) is 9.55 Å². The third-order valence-electron chi connectivity index (χ3n) is 3.06. The number of aryl methyl sites for hydroxylation is 2. The van der Waals surface area contributed by atoms with Crippen LogP contribution in [0.2, 0.25) is 5.02 Å². The summed E-state index contributed by atoms with van der Waals surface area (Å²) in [6.45, 7) is 5.10. The predicted octanol–water partition coefficient (Wildman–Crippen LogP) is 3.30. The third kappa shape index (κ3) is 2.57. The first-order valence-electron chi connectivity index (χ1n) is 6.16. The second-order valence-electron chi connectivity index (χ2n) is 4.46. The first kappa shape index (κ1) is 13.1. The van der Waals surface area contributed by atoms with Gasteiger partial charge in [-0.25, -0.2) is 4.98 Å². The highest BCUT2D eigenvalue weighted by Crippen LogP contribution is 2.24. The maximum absolute atomic E-state index is 6.32. The summed E-state index contributed by atoms with van der Waals surface area (Å²) < 4.78 is 2.11. The van der Waals surface area contributed by atoms with Crippen LogP contribution >= 0.6 is 11.6 Å². The SMILES string of the molecule is CCCn1ccnc1C(N)c1ccc(Cl)cc1C. The maximum atomic E-state index is 6.32. The van der Waals surface area contributed by atoms with Crippen LogP contribution in [0.1, 0.15) is 36.3 Å². The average Bonchev–Trinajstić information content (AvgIpc) is 2.77. The molecule has 0 saturated heterocycles. The van der Waals surface area contributed by atoms with E-state index < -0.39 is 0 Å². The van der Waals surface area contributed by atoms with E-state index in [1.807, 2.05) is 31.3 Å². The molecule has 0 spiro atoms. The number of hydrogen-bond acceptors (Lipinski definition) is 2. The van der Waals surface area contributed by atoms with E-state index in [1.54, 1.807) is 6.20 Å². The van der Waals surface area contributed by atoms with Crippen LogP contribution in [0.3, 0.4) is 0 Å². The topological polar surface area (TPSA) is 43.8 Å². The van der Waals surface area contributed by atoms with Crippen LogP contribution in [0, 0.1) is 6.92 Å². The van der Waals surface area contributed by atoms with E-state index in [9.17, 15) is 0 Å². The summed E-state index contributed by atoms with van der Waals surface area (Å²) in [7, 11) is 0. The Morgan fingerprint density at radius 1 is 1.44 bits per heavy atom. The van der Waals surface area contributed by atoms with Crippen molar-refractivity contribution in [2.24, 2.45) is 5.73 Å². The molecule has 18 heavy (non-hydrogen) atoms. The fraction of sp³-hybridized carbons (Fsp3) is 0.357. The summed E-state index contributed by atoms with van der Waals surface area (Å²) in [6, 6.07) is 5.58. The highest BCUT2D eigenvalue weighted by Gasteiger charge is 2.16. The molecule has 96 valence electrons. The number of aromatic nitrogens is 2. The summed E-state index contributed by atoms with van der Waals surface area (Å²) >= 11 is 5.97. The fourth-order valence-corrected chi connectivity index (χ4v) is 2.38. The van der Waals surface area contributed by atoms with Gasteiger partial charge in [0.1, 0.15) is 5.82 Å². The summed E-state index contributed by atoms with van der Waals surface area (Å²) in [5.41, 5.74) is 8.49. The molecule has 1 aromatic heterocycles. The summed E-state index contributed by atoms with van der Waals surface area (Å²) in [5, 5.41) is 0.736.